The highest BCUT2D eigenvalue weighted by Gasteiger charge is 2.15. The molecule has 0 atom stereocenters. The van der Waals surface area contributed by atoms with Gasteiger partial charge in [0.1, 0.15) is 17.8 Å². The molecule has 1 aliphatic rings. The van der Waals surface area contributed by atoms with E-state index in [0.717, 1.165) is 32.1 Å². The van der Waals surface area contributed by atoms with Gasteiger partial charge in [0.15, 0.2) is 0 Å². The number of pyridine rings is 1. The summed E-state index contributed by atoms with van der Waals surface area (Å²) in [6.45, 7) is 1.77. The van der Waals surface area contributed by atoms with Gasteiger partial charge in [-0.3, -0.25) is 15.5 Å². The van der Waals surface area contributed by atoms with Crippen molar-refractivity contribution in [3.8, 4) is 0 Å². The summed E-state index contributed by atoms with van der Waals surface area (Å²) >= 11 is 0. The molecule has 1 saturated heterocycles. The number of nitrogens with zero attached hydrogens (tertiary/aromatic N) is 4. The van der Waals surface area contributed by atoms with Crippen molar-refractivity contribution in [2.75, 3.05) is 23.4 Å². The fourth-order valence-corrected chi connectivity index (χ4v) is 2.55. The summed E-state index contributed by atoms with van der Waals surface area (Å²) in [5.41, 5.74) is 3.79. The molecule has 2 heterocycles. The summed E-state index contributed by atoms with van der Waals surface area (Å²) in [7, 11) is 0. The van der Waals surface area contributed by atoms with Crippen LogP contribution in [0.15, 0.2) is 41.6 Å². The molecule has 0 bridgehead atoms. The van der Waals surface area contributed by atoms with Crippen LogP contribution >= 0.6 is 0 Å². The number of rotatable bonds is 5. The maximum absolute atomic E-state index is 14.2. The van der Waals surface area contributed by atoms with Gasteiger partial charge in [0.05, 0.1) is 16.8 Å². The Morgan fingerprint density at radius 3 is 2.71 bits per heavy atom. The first kappa shape index (κ1) is 15.9. The molecule has 0 unspecified atom stereocenters. The standard InChI is InChI=1S/C16H16FN5O2/c17-14-9-12(3-5-15(14)21-7-1-2-8-21)10-19-20-16-6-4-13(11-18-16)22(23)24/h3-6,9-11H,1-2,7-8H2,(H,18,20)/b19-10-. The van der Waals surface area contributed by atoms with Crippen molar-refractivity contribution in [2.45, 2.75) is 12.8 Å². The molecule has 0 amide bonds. The van der Waals surface area contributed by atoms with Crippen molar-refractivity contribution in [1.29, 1.82) is 0 Å². The third-order valence-electron chi connectivity index (χ3n) is 3.77. The number of anilines is 2. The van der Waals surface area contributed by atoms with Gasteiger partial charge in [0.25, 0.3) is 5.69 Å². The van der Waals surface area contributed by atoms with Crippen molar-refractivity contribution >= 4 is 23.4 Å². The summed E-state index contributed by atoms with van der Waals surface area (Å²) in [6.07, 6.45) is 4.80. The molecule has 0 spiro atoms. The lowest BCUT2D eigenvalue weighted by atomic mass is 10.2. The Bertz CT molecular complexity index is 758. The molecule has 3 rings (SSSR count). The number of hydrogen-bond acceptors (Lipinski definition) is 6. The number of hydrazone groups is 1. The molecule has 0 aliphatic carbocycles. The van der Waals surface area contributed by atoms with E-state index in [0.29, 0.717) is 17.1 Å². The van der Waals surface area contributed by atoms with Gasteiger partial charge in [-0.1, -0.05) is 6.07 Å². The van der Waals surface area contributed by atoms with E-state index in [4.69, 9.17) is 0 Å². The van der Waals surface area contributed by atoms with Crippen LogP contribution in [0.25, 0.3) is 0 Å². The lowest BCUT2D eigenvalue weighted by Gasteiger charge is -2.18. The van der Waals surface area contributed by atoms with Gasteiger partial charge in [0, 0.05) is 19.2 Å². The lowest BCUT2D eigenvalue weighted by molar-refractivity contribution is -0.385. The first-order valence-electron chi connectivity index (χ1n) is 7.57. The molecule has 124 valence electrons. The largest absolute Gasteiger partial charge is 0.369 e. The van der Waals surface area contributed by atoms with Crippen LogP contribution in [0.5, 0.6) is 0 Å². The van der Waals surface area contributed by atoms with Crippen LogP contribution in [0, 0.1) is 15.9 Å². The SMILES string of the molecule is O=[N+]([O-])c1ccc(N/N=C\c2ccc(N3CCCC3)c(F)c2)nc1. The highest BCUT2D eigenvalue weighted by atomic mass is 19.1. The van der Waals surface area contributed by atoms with Crippen LogP contribution in [0.3, 0.4) is 0 Å². The van der Waals surface area contributed by atoms with Crippen molar-refractivity contribution in [1.82, 2.24) is 4.98 Å². The Kier molecular flexibility index (Phi) is 4.64. The van der Waals surface area contributed by atoms with Crippen LogP contribution in [0.2, 0.25) is 0 Å². The van der Waals surface area contributed by atoms with E-state index in [9.17, 15) is 14.5 Å². The molecular formula is C16H16FN5O2. The minimum Gasteiger partial charge on any atom is -0.369 e. The fourth-order valence-electron chi connectivity index (χ4n) is 2.55. The lowest BCUT2D eigenvalue weighted by Crippen LogP contribution is -2.18. The average molecular weight is 329 g/mol. The molecule has 0 radical (unpaired) electrons. The van der Waals surface area contributed by atoms with Crippen molar-refractivity contribution in [3.05, 3.63) is 58.0 Å². The van der Waals surface area contributed by atoms with E-state index < -0.39 is 4.92 Å². The van der Waals surface area contributed by atoms with Gasteiger partial charge < -0.3 is 4.90 Å². The minimum atomic E-state index is -0.523. The second kappa shape index (κ2) is 7.03. The summed E-state index contributed by atoms with van der Waals surface area (Å²) in [5.74, 6) is 0.0975. The fraction of sp³-hybridized carbons (Fsp3) is 0.250. The minimum absolute atomic E-state index is 0.0934. The van der Waals surface area contributed by atoms with E-state index in [1.807, 2.05) is 4.90 Å². The Morgan fingerprint density at radius 1 is 1.29 bits per heavy atom. The second-order valence-corrected chi connectivity index (χ2v) is 5.43. The second-order valence-electron chi connectivity index (χ2n) is 5.43. The number of nitrogens with one attached hydrogen (secondary N) is 1. The Balaban J connectivity index is 1.63. The zero-order valence-corrected chi connectivity index (χ0v) is 12.9. The highest BCUT2D eigenvalue weighted by Crippen LogP contribution is 2.24. The molecule has 0 saturated carbocycles. The van der Waals surface area contributed by atoms with Gasteiger partial charge in [0.2, 0.25) is 0 Å². The monoisotopic (exact) mass is 329 g/mol. The van der Waals surface area contributed by atoms with Crippen LogP contribution in [-0.2, 0) is 0 Å². The number of benzene rings is 1. The van der Waals surface area contributed by atoms with Gasteiger partial charge in [-0.05, 0) is 36.6 Å². The van der Waals surface area contributed by atoms with Gasteiger partial charge >= 0.3 is 0 Å². The van der Waals surface area contributed by atoms with E-state index in [-0.39, 0.29) is 11.5 Å². The van der Waals surface area contributed by atoms with Crippen LogP contribution < -0.4 is 10.3 Å². The topological polar surface area (TPSA) is 83.7 Å². The third kappa shape index (κ3) is 3.65. The zero-order chi connectivity index (χ0) is 16.9. The maximum atomic E-state index is 14.2. The predicted octanol–water partition coefficient (Wildman–Crippen LogP) is 3.18. The molecule has 1 aromatic heterocycles. The van der Waals surface area contributed by atoms with Gasteiger partial charge in [-0.2, -0.15) is 5.10 Å². The molecule has 1 fully saturated rings. The van der Waals surface area contributed by atoms with Crippen LogP contribution in [-0.4, -0.2) is 29.2 Å². The van der Waals surface area contributed by atoms with E-state index in [1.165, 1.54) is 24.4 Å². The molecule has 1 aliphatic heterocycles. The number of hydrogen-bond donors (Lipinski definition) is 1. The highest BCUT2D eigenvalue weighted by molar-refractivity contribution is 5.81. The average Bonchev–Trinajstić information content (AvgIpc) is 3.10. The molecule has 2 aromatic rings. The van der Waals surface area contributed by atoms with Crippen LogP contribution in [0.4, 0.5) is 21.6 Å². The Hall–Kier alpha value is -3.03. The molecular weight excluding hydrogens is 313 g/mol. The Morgan fingerprint density at radius 2 is 2.08 bits per heavy atom. The quantitative estimate of drug-likeness (QED) is 0.517. The molecule has 8 heteroatoms. The van der Waals surface area contributed by atoms with Gasteiger partial charge in [-0.15, -0.1) is 0 Å². The van der Waals surface area contributed by atoms with Crippen LogP contribution in [0.1, 0.15) is 18.4 Å². The number of halogens is 1. The van der Waals surface area contributed by atoms with E-state index in [1.54, 1.807) is 12.1 Å². The van der Waals surface area contributed by atoms with Crippen molar-refractivity contribution < 1.29 is 9.31 Å². The molecule has 1 aromatic carbocycles. The predicted molar refractivity (Wildman–Crippen MR) is 90.0 cm³/mol. The molecule has 7 nitrogen and oxygen atoms in total. The smallest absolute Gasteiger partial charge is 0.287 e. The van der Waals surface area contributed by atoms with Crippen molar-refractivity contribution in [3.63, 3.8) is 0 Å². The number of aromatic nitrogens is 1. The summed E-state index contributed by atoms with van der Waals surface area (Å²) in [6, 6.07) is 7.77. The molecule has 1 N–H and O–H groups in total. The normalized spacial score (nSPS) is 14.3. The molecule has 24 heavy (non-hydrogen) atoms. The zero-order valence-electron chi connectivity index (χ0n) is 12.9. The Labute approximate surface area is 138 Å². The third-order valence-corrected chi connectivity index (χ3v) is 3.77. The maximum Gasteiger partial charge on any atom is 0.287 e. The van der Waals surface area contributed by atoms with Crippen molar-refractivity contribution in [2.24, 2.45) is 5.10 Å². The summed E-state index contributed by atoms with van der Waals surface area (Å²) in [4.78, 5) is 15.9. The summed E-state index contributed by atoms with van der Waals surface area (Å²) < 4.78 is 14.2. The number of nitro groups is 1. The first-order chi connectivity index (χ1) is 11.6. The van der Waals surface area contributed by atoms with Gasteiger partial charge in [-0.25, -0.2) is 9.37 Å². The summed E-state index contributed by atoms with van der Waals surface area (Å²) in [5, 5.41) is 14.5. The first-order valence-corrected chi connectivity index (χ1v) is 7.57. The van der Waals surface area contributed by atoms with E-state index >= 15 is 0 Å². The van der Waals surface area contributed by atoms with E-state index in [2.05, 4.69) is 15.5 Å².